The molecule has 1 atom stereocenters. The standard InChI is InChI=1S/C17H27N3O3Si/c1-17(2,3)24(4,5)23-11-12-8-13(10-18-9-12)19-14-6-7-15(21)20-16(14)22/h8-10,14,19H,6-7,11H2,1-5H3,(H,20,21,22). The minimum absolute atomic E-state index is 0.156. The fourth-order valence-electron chi connectivity index (χ4n) is 2.16. The van der Waals surface area contributed by atoms with Gasteiger partial charge in [-0.3, -0.25) is 19.9 Å². The van der Waals surface area contributed by atoms with E-state index in [1.54, 1.807) is 12.4 Å². The number of carbonyl (C=O) groups excluding carboxylic acids is 2. The lowest BCUT2D eigenvalue weighted by Gasteiger charge is -2.36. The third-order valence-electron chi connectivity index (χ3n) is 4.78. The molecule has 2 heterocycles. The minimum atomic E-state index is -1.82. The number of nitrogens with zero attached hydrogens (tertiary/aromatic N) is 1. The van der Waals surface area contributed by atoms with Gasteiger partial charge in [0, 0.05) is 18.8 Å². The quantitative estimate of drug-likeness (QED) is 0.631. The second-order valence-electron chi connectivity index (χ2n) is 7.78. The van der Waals surface area contributed by atoms with Crippen LogP contribution in [0.25, 0.3) is 0 Å². The number of carbonyl (C=O) groups is 2. The van der Waals surface area contributed by atoms with Crippen LogP contribution in [0.4, 0.5) is 5.69 Å². The summed E-state index contributed by atoms with van der Waals surface area (Å²) in [4.78, 5) is 27.3. The van der Waals surface area contributed by atoms with Gasteiger partial charge < -0.3 is 9.74 Å². The van der Waals surface area contributed by atoms with E-state index in [9.17, 15) is 9.59 Å². The molecule has 1 saturated heterocycles. The van der Waals surface area contributed by atoms with Crippen molar-refractivity contribution in [1.29, 1.82) is 0 Å². The number of rotatable bonds is 5. The monoisotopic (exact) mass is 349 g/mol. The molecule has 0 radical (unpaired) electrons. The van der Waals surface area contributed by atoms with Crippen LogP contribution in [0.1, 0.15) is 39.2 Å². The molecule has 1 unspecified atom stereocenters. The van der Waals surface area contributed by atoms with Crippen LogP contribution in [0.5, 0.6) is 0 Å². The minimum Gasteiger partial charge on any atom is -0.413 e. The first-order chi connectivity index (χ1) is 11.1. The number of hydrogen-bond donors (Lipinski definition) is 2. The van der Waals surface area contributed by atoms with Crippen molar-refractivity contribution < 1.29 is 14.0 Å². The average Bonchev–Trinajstić information content (AvgIpc) is 2.47. The summed E-state index contributed by atoms with van der Waals surface area (Å²) in [6, 6.07) is 1.55. The molecule has 2 N–H and O–H groups in total. The van der Waals surface area contributed by atoms with Crippen molar-refractivity contribution in [3.05, 3.63) is 24.0 Å². The van der Waals surface area contributed by atoms with Gasteiger partial charge in [-0.1, -0.05) is 20.8 Å². The van der Waals surface area contributed by atoms with Gasteiger partial charge in [0.05, 0.1) is 12.3 Å². The van der Waals surface area contributed by atoms with Crippen molar-refractivity contribution in [3.8, 4) is 0 Å². The van der Waals surface area contributed by atoms with Gasteiger partial charge in [-0.05, 0) is 36.2 Å². The van der Waals surface area contributed by atoms with Gasteiger partial charge in [-0.25, -0.2) is 0 Å². The number of aromatic nitrogens is 1. The molecule has 0 spiro atoms. The molecule has 24 heavy (non-hydrogen) atoms. The van der Waals surface area contributed by atoms with E-state index < -0.39 is 14.4 Å². The zero-order valence-electron chi connectivity index (χ0n) is 15.1. The highest BCUT2D eigenvalue weighted by Crippen LogP contribution is 2.37. The van der Waals surface area contributed by atoms with Gasteiger partial charge in [-0.2, -0.15) is 0 Å². The molecule has 6 nitrogen and oxygen atoms in total. The normalized spacial score (nSPS) is 19.1. The first-order valence-electron chi connectivity index (χ1n) is 8.26. The Morgan fingerprint density at radius 3 is 2.67 bits per heavy atom. The molecule has 1 aliphatic heterocycles. The van der Waals surface area contributed by atoms with Crippen LogP contribution in [0, 0.1) is 0 Å². The molecule has 2 amide bonds. The molecule has 1 fully saturated rings. The lowest BCUT2D eigenvalue weighted by Crippen LogP contribution is -2.47. The van der Waals surface area contributed by atoms with E-state index in [0.717, 1.165) is 11.3 Å². The van der Waals surface area contributed by atoms with Crippen LogP contribution in [0.3, 0.4) is 0 Å². The van der Waals surface area contributed by atoms with E-state index in [2.05, 4.69) is 49.5 Å². The number of hydrogen-bond acceptors (Lipinski definition) is 5. The first kappa shape index (κ1) is 18.6. The Kier molecular flexibility index (Phi) is 5.44. The third kappa shape index (κ3) is 4.64. The number of piperidine rings is 1. The summed E-state index contributed by atoms with van der Waals surface area (Å²) in [7, 11) is -1.82. The van der Waals surface area contributed by atoms with Crippen LogP contribution < -0.4 is 10.6 Å². The molecular weight excluding hydrogens is 322 g/mol. The summed E-state index contributed by atoms with van der Waals surface area (Å²) in [5.41, 5.74) is 1.73. The molecule has 1 aliphatic rings. The molecule has 0 aliphatic carbocycles. The Balaban J connectivity index is 1.99. The summed E-state index contributed by atoms with van der Waals surface area (Å²) >= 11 is 0. The number of imide groups is 1. The lowest BCUT2D eigenvalue weighted by atomic mass is 10.1. The number of amides is 2. The maximum absolute atomic E-state index is 11.8. The third-order valence-corrected chi connectivity index (χ3v) is 9.26. The van der Waals surface area contributed by atoms with Crippen LogP contribution in [0.15, 0.2) is 18.5 Å². The molecule has 7 heteroatoms. The summed E-state index contributed by atoms with van der Waals surface area (Å²) in [6.45, 7) is 11.6. The Morgan fingerprint density at radius 2 is 2.04 bits per heavy atom. The highest BCUT2D eigenvalue weighted by Gasteiger charge is 2.37. The van der Waals surface area contributed by atoms with E-state index in [4.69, 9.17) is 4.43 Å². The zero-order valence-corrected chi connectivity index (χ0v) is 16.1. The van der Waals surface area contributed by atoms with Gasteiger partial charge in [0.1, 0.15) is 6.04 Å². The fraction of sp³-hybridized carbons (Fsp3) is 0.588. The lowest BCUT2D eigenvalue weighted by molar-refractivity contribution is -0.133. The van der Waals surface area contributed by atoms with Crippen molar-refractivity contribution in [2.45, 2.75) is 64.4 Å². The van der Waals surface area contributed by atoms with E-state index in [1.807, 2.05) is 6.07 Å². The highest BCUT2D eigenvalue weighted by atomic mass is 28.4. The van der Waals surface area contributed by atoms with Crippen molar-refractivity contribution in [1.82, 2.24) is 10.3 Å². The van der Waals surface area contributed by atoms with Crippen molar-refractivity contribution in [2.24, 2.45) is 0 Å². The van der Waals surface area contributed by atoms with Crippen LogP contribution in [0.2, 0.25) is 18.1 Å². The molecule has 0 saturated carbocycles. The fourth-order valence-corrected chi connectivity index (χ4v) is 3.12. The van der Waals surface area contributed by atoms with Crippen LogP contribution in [-0.2, 0) is 20.6 Å². The summed E-state index contributed by atoms with van der Waals surface area (Å²) in [5.74, 6) is -0.498. The Labute approximate surface area is 144 Å². The maximum atomic E-state index is 11.8. The second-order valence-corrected chi connectivity index (χ2v) is 12.6. The molecule has 1 aromatic rings. The summed E-state index contributed by atoms with van der Waals surface area (Å²) in [5, 5.41) is 5.65. The van der Waals surface area contributed by atoms with E-state index in [-0.39, 0.29) is 16.9 Å². The van der Waals surface area contributed by atoms with Crippen molar-refractivity contribution in [2.75, 3.05) is 5.32 Å². The molecule has 132 valence electrons. The first-order valence-corrected chi connectivity index (χ1v) is 11.2. The van der Waals surface area contributed by atoms with Gasteiger partial charge in [0.15, 0.2) is 8.32 Å². The predicted molar refractivity (Wildman–Crippen MR) is 96.0 cm³/mol. The average molecular weight is 350 g/mol. The Morgan fingerprint density at radius 1 is 1.33 bits per heavy atom. The molecule has 2 rings (SSSR count). The molecule has 0 bridgehead atoms. The van der Waals surface area contributed by atoms with Crippen molar-refractivity contribution in [3.63, 3.8) is 0 Å². The van der Waals surface area contributed by atoms with Gasteiger partial charge in [0.2, 0.25) is 11.8 Å². The largest absolute Gasteiger partial charge is 0.413 e. The smallest absolute Gasteiger partial charge is 0.249 e. The topological polar surface area (TPSA) is 80.3 Å². The summed E-state index contributed by atoms with van der Waals surface area (Å²) < 4.78 is 6.21. The predicted octanol–water partition coefficient (Wildman–Crippen LogP) is 2.82. The zero-order chi connectivity index (χ0) is 18.0. The molecule has 0 aromatic carbocycles. The van der Waals surface area contributed by atoms with E-state index in [1.165, 1.54) is 0 Å². The Bertz CT molecular complexity index is 626. The van der Waals surface area contributed by atoms with Gasteiger partial charge in [0.25, 0.3) is 0 Å². The van der Waals surface area contributed by atoms with Crippen LogP contribution in [-0.4, -0.2) is 31.2 Å². The highest BCUT2D eigenvalue weighted by molar-refractivity contribution is 6.74. The van der Waals surface area contributed by atoms with Gasteiger partial charge in [-0.15, -0.1) is 0 Å². The van der Waals surface area contributed by atoms with Crippen molar-refractivity contribution >= 4 is 25.8 Å². The SMILES string of the molecule is CC(C)(C)[Si](C)(C)OCc1cncc(NC2CCC(=O)NC2=O)c1. The molecule has 1 aromatic heterocycles. The number of anilines is 1. The van der Waals surface area contributed by atoms with E-state index in [0.29, 0.717) is 19.4 Å². The number of pyridine rings is 1. The van der Waals surface area contributed by atoms with Gasteiger partial charge >= 0.3 is 0 Å². The maximum Gasteiger partial charge on any atom is 0.249 e. The van der Waals surface area contributed by atoms with E-state index >= 15 is 0 Å². The second kappa shape index (κ2) is 7.02. The summed E-state index contributed by atoms with van der Waals surface area (Å²) in [6.07, 6.45) is 4.31. The number of nitrogens with one attached hydrogen (secondary N) is 2. The Hall–Kier alpha value is -1.73. The van der Waals surface area contributed by atoms with Crippen LogP contribution >= 0.6 is 0 Å². The molecular formula is C17H27N3O3Si.